The van der Waals surface area contributed by atoms with Crippen LogP contribution in [0.2, 0.25) is 0 Å². The summed E-state index contributed by atoms with van der Waals surface area (Å²) in [6, 6.07) is 0. The topological polar surface area (TPSA) is 56.7 Å². The third-order valence-corrected chi connectivity index (χ3v) is 4.22. The Morgan fingerprint density at radius 1 is 1.43 bits per heavy atom. The second kappa shape index (κ2) is 7.61. The fourth-order valence-electron chi connectivity index (χ4n) is 2.13. The Morgan fingerprint density at radius 2 is 2.14 bits per heavy atom. The zero-order chi connectivity index (χ0) is 15.2. The monoisotopic (exact) mass is 328 g/mol. The van der Waals surface area contributed by atoms with Gasteiger partial charge in [-0.2, -0.15) is 4.37 Å². The molecule has 1 aromatic heterocycles. The smallest absolute Gasteiger partial charge is 0.205 e. The molecule has 0 unspecified atom stereocenters. The van der Waals surface area contributed by atoms with Crippen LogP contribution in [0.25, 0.3) is 0 Å². The van der Waals surface area contributed by atoms with Crippen molar-refractivity contribution in [3.05, 3.63) is 17.4 Å². The SMILES string of the molecule is C=C(Cl)CNC(=NC)N1CCN(c2nc(CC)ns2)CC1. The van der Waals surface area contributed by atoms with E-state index in [9.17, 15) is 0 Å². The van der Waals surface area contributed by atoms with E-state index in [4.69, 9.17) is 11.6 Å². The van der Waals surface area contributed by atoms with E-state index in [2.05, 4.69) is 43.0 Å². The van der Waals surface area contributed by atoms with Crippen molar-refractivity contribution in [1.82, 2.24) is 19.6 Å². The van der Waals surface area contributed by atoms with E-state index in [1.54, 1.807) is 7.05 Å². The molecule has 0 bridgehead atoms. The van der Waals surface area contributed by atoms with E-state index in [1.165, 1.54) is 11.5 Å². The second-order valence-electron chi connectivity index (χ2n) is 4.74. The molecule has 0 atom stereocenters. The molecule has 116 valence electrons. The third-order valence-electron chi connectivity index (χ3n) is 3.27. The summed E-state index contributed by atoms with van der Waals surface area (Å²) in [4.78, 5) is 13.3. The Morgan fingerprint density at radius 3 is 2.67 bits per heavy atom. The van der Waals surface area contributed by atoms with Crippen LogP contribution in [0.3, 0.4) is 0 Å². The first-order valence-corrected chi connectivity index (χ1v) is 8.15. The summed E-state index contributed by atoms with van der Waals surface area (Å²) in [7, 11) is 1.78. The van der Waals surface area contributed by atoms with Crippen LogP contribution in [-0.4, -0.2) is 60.0 Å². The largest absolute Gasteiger partial charge is 0.351 e. The molecule has 1 aromatic rings. The summed E-state index contributed by atoms with van der Waals surface area (Å²) in [6.45, 7) is 9.91. The van der Waals surface area contributed by atoms with Crippen LogP contribution in [-0.2, 0) is 6.42 Å². The highest BCUT2D eigenvalue weighted by Crippen LogP contribution is 2.19. The molecule has 2 rings (SSSR count). The van der Waals surface area contributed by atoms with Gasteiger partial charge in [-0.05, 0) is 0 Å². The van der Waals surface area contributed by atoms with Gasteiger partial charge in [-0.1, -0.05) is 25.1 Å². The van der Waals surface area contributed by atoms with Crippen molar-refractivity contribution < 1.29 is 0 Å². The van der Waals surface area contributed by atoms with E-state index in [1.807, 2.05) is 0 Å². The molecule has 0 radical (unpaired) electrons. The third kappa shape index (κ3) is 4.31. The van der Waals surface area contributed by atoms with Crippen molar-refractivity contribution in [3.8, 4) is 0 Å². The molecule has 1 N–H and O–H groups in total. The Labute approximate surface area is 134 Å². The second-order valence-corrected chi connectivity index (χ2v) is 6.00. The van der Waals surface area contributed by atoms with Gasteiger partial charge in [0, 0.05) is 56.2 Å². The number of hydrogen-bond acceptors (Lipinski definition) is 5. The molecule has 0 amide bonds. The van der Waals surface area contributed by atoms with Crippen LogP contribution in [0.1, 0.15) is 12.7 Å². The maximum Gasteiger partial charge on any atom is 0.205 e. The van der Waals surface area contributed by atoms with Gasteiger partial charge >= 0.3 is 0 Å². The van der Waals surface area contributed by atoms with Crippen LogP contribution < -0.4 is 10.2 Å². The number of nitrogens with zero attached hydrogens (tertiary/aromatic N) is 5. The van der Waals surface area contributed by atoms with E-state index in [0.29, 0.717) is 11.6 Å². The summed E-state index contributed by atoms with van der Waals surface area (Å²) in [5.41, 5.74) is 0. The number of halogens is 1. The molecule has 0 aromatic carbocycles. The van der Waals surface area contributed by atoms with Crippen molar-refractivity contribution >= 4 is 34.2 Å². The molecular weight excluding hydrogens is 308 g/mol. The lowest BCUT2D eigenvalue weighted by Gasteiger charge is -2.36. The minimum absolute atomic E-state index is 0.532. The normalized spacial score (nSPS) is 16.2. The van der Waals surface area contributed by atoms with Crippen molar-refractivity contribution in [2.45, 2.75) is 13.3 Å². The Bertz CT molecular complexity index is 507. The quantitative estimate of drug-likeness (QED) is 0.671. The first kappa shape index (κ1) is 16.0. The van der Waals surface area contributed by atoms with Crippen molar-refractivity contribution in [2.24, 2.45) is 4.99 Å². The number of hydrogen-bond donors (Lipinski definition) is 1. The molecule has 0 spiro atoms. The van der Waals surface area contributed by atoms with E-state index >= 15 is 0 Å². The molecule has 1 aliphatic heterocycles. The standard InChI is InChI=1S/C13H21ClN6S/c1-4-11-17-13(21-18-11)20-7-5-19(6-8-20)12(15-3)16-9-10(2)14/h2,4-9H2,1,3H3,(H,15,16). The van der Waals surface area contributed by atoms with Gasteiger partial charge in [-0.3, -0.25) is 4.99 Å². The van der Waals surface area contributed by atoms with Gasteiger partial charge in [-0.15, -0.1) is 0 Å². The molecule has 0 saturated carbocycles. The Kier molecular flexibility index (Phi) is 5.81. The zero-order valence-corrected chi connectivity index (χ0v) is 14.0. The highest BCUT2D eigenvalue weighted by atomic mass is 35.5. The van der Waals surface area contributed by atoms with Crippen LogP contribution in [0.5, 0.6) is 0 Å². The number of aromatic nitrogens is 2. The number of guanidine groups is 1. The number of aryl methyl sites for hydroxylation is 1. The average molecular weight is 329 g/mol. The lowest BCUT2D eigenvalue weighted by atomic mass is 10.3. The molecule has 6 nitrogen and oxygen atoms in total. The number of rotatable bonds is 4. The summed E-state index contributed by atoms with van der Waals surface area (Å²) in [5, 5.41) is 4.80. The lowest BCUT2D eigenvalue weighted by molar-refractivity contribution is 0.374. The fraction of sp³-hybridized carbons (Fsp3) is 0.615. The first-order valence-electron chi connectivity index (χ1n) is 7.00. The van der Waals surface area contributed by atoms with E-state index in [-0.39, 0.29) is 0 Å². The molecule has 1 aliphatic rings. The predicted molar refractivity (Wildman–Crippen MR) is 89.4 cm³/mol. The molecule has 1 fully saturated rings. The minimum atomic E-state index is 0.532. The van der Waals surface area contributed by atoms with Gasteiger partial charge in [0.1, 0.15) is 5.82 Å². The molecule has 1 saturated heterocycles. The predicted octanol–water partition coefficient (Wildman–Crippen LogP) is 1.55. The molecule has 2 heterocycles. The summed E-state index contributed by atoms with van der Waals surface area (Å²) >= 11 is 7.27. The maximum atomic E-state index is 5.78. The van der Waals surface area contributed by atoms with Crippen LogP contribution >= 0.6 is 23.1 Å². The number of anilines is 1. The highest BCUT2D eigenvalue weighted by Gasteiger charge is 2.21. The highest BCUT2D eigenvalue weighted by molar-refractivity contribution is 7.09. The van der Waals surface area contributed by atoms with Gasteiger partial charge in [0.05, 0.1) is 6.54 Å². The first-order chi connectivity index (χ1) is 10.1. The van der Waals surface area contributed by atoms with Gasteiger partial charge < -0.3 is 15.1 Å². The molecular formula is C13H21ClN6S. The van der Waals surface area contributed by atoms with Crippen molar-refractivity contribution in [3.63, 3.8) is 0 Å². The van der Waals surface area contributed by atoms with Crippen LogP contribution in [0.4, 0.5) is 5.13 Å². The lowest BCUT2D eigenvalue weighted by Crippen LogP contribution is -2.52. The van der Waals surface area contributed by atoms with E-state index < -0.39 is 0 Å². The van der Waals surface area contributed by atoms with Gasteiger partial charge in [0.15, 0.2) is 5.96 Å². The average Bonchev–Trinajstić information content (AvgIpc) is 2.97. The van der Waals surface area contributed by atoms with E-state index in [0.717, 1.165) is 49.5 Å². The summed E-state index contributed by atoms with van der Waals surface area (Å²) in [6.07, 6.45) is 0.884. The van der Waals surface area contributed by atoms with Gasteiger partial charge in [0.2, 0.25) is 5.13 Å². The zero-order valence-electron chi connectivity index (χ0n) is 12.5. The number of aliphatic imine (C=N–C) groups is 1. The fourth-order valence-corrected chi connectivity index (χ4v) is 3.00. The van der Waals surface area contributed by atoms with Gasteiger partial charge in [-0.25, -0.2) is 4.98 Å². The van der Waals surface area contributed by atoms with Crippen molar-refractivity contribution in [2.75, 3.05) is 44.7 Å². The van der Waals surface area contributed by atoms with Crippen LogP contribution in [0, 0.1) is 0 Å². The Hall–Kier alpha value is -1.34. The molecule has 21 heavy (non-hydrogen) atoms. The Balaban J connectivity index is 1.88. The number of piperazine rings is 1. The maximum absolute atomic E-state index is 5.78. The molecule has 8 heteroatoms. The van der Waals surface area contributed by atoms with Crippen molar-refractivity contribution in [1.29, 1.82) is 0 Å². The minimum Gasteiger partial charge on any atom is -0.351 e. The summed E-state index contributed by atoms with van der Waals surface area (Å²) in [5.74, 6) is 1.79. The van der Waals surface area contributed by atoms with Gasteiger partial charge in [0.25, 0.3) is 0 Å². The summed E-state index contributed by atoms with van der Waals surface area (Å²) < 4.78 is 4.34. The van der Waals surface area contributed by atoms with Crippen LogP contribution in [0.15, 0.2) is 16.6 Å². The molecule has 0 aliphatic carbocycles. The number of nitrogens with one attached hydrogen (secondary N) is 1.